The monoisotopic (exact) mass is 219 g/mol. The summed E-state index contributed by atoms with van der Waals surface area (Å²) < 4.78 is 1.13. The fourth-order valence-corrected chi connectivity index (χ4v) is 1.38. The number of rotatable bonds is 3. The molecule has 2 N–H and O–H groups in total. The molecule has 16 heavy (non-hydrogen) atoms. The van der Waals surface area contributed by atoms with Crippen LogP contribution in [-0.4, -0.2) is 25.6 Å². The number of carboxylic acid groups (broad SMARTS) is 1. The number of hydrogen-bond acceptors (Lipinski definition) is 3. The Balaban J connectivity index is 2.38. The number of nitrogens with one attached hydrogen (secondary N) is 1. The number of aromatic carboxylic acids is 1. The van der Waals surface area contributed by atoms with Crippen LogP contribution in [0.3, 0.4) is 0 Å². The Labute approximate surface area is 90.2 Å². The van der Waals surface area contributed by atoms with E-state index in [-0.39, 0.29) is 12.2 Å². The van der Waals surface area contributed by atoms with Crippen molar-refractivity contribution in [2.24, 2.45) is 0 Å². The van der Waals surface area contributed by atoms with Gasteiger partial charge in [-0.25, -0.2) is 9.59 Å². The van der Waals surface area contributed by atoms with Gasteiger partial charge in [0, 0.05) is 12.4 Å². The van der Waals surface area contributed by atoms with E-state index in [9.17, 15) is 9.59 Å². The van der Waals surface area contributed by atoms with Gasteiger partial charge in [-0.3, -0.25) is 9.55 Å². The van der Waals surface area contributed by atoms with Crippen LogP contribution in [0.25, 0.3) is 0 Å². The summed E-state index contributed by atoms with van der Waals surface area (Å²) in [6.45, 7) is 0.144. The second kappa shape index (κ2) is 4.01. The first-order valence-corrected chi connectivity index (χ1v) is 4.60. The molecule has 2 rings (SSSR count). The highest BCUT2D eigenvalue weighted by atomic mass is 16.4. The minimum atomic E-state index is -1.14. The quantitative estimate of drug-likeness (QED) is 0.778. The van der Waals surface area contributed by atoms with Gasteiger partial charge >= 0.3 is 11.7 Å². The number of aromatic amines is 1. The number of carbonyl (C=O) groups is 1. The molecule has 0 spiro atoms. The molecule has 0 atom stereocenters. The third kappa shape index (κ3) is 1.85. The topological polar surface area (TPSA) is 88.0 Å². The predicted octanol–water partition coefficient (Wildman–Crippen LogP) is 0.318. The van der Waals surface area contributed by atoms with Crippen molar-refractivity contribution in [3.05, 3.63) is 52.5 Å². The first-order chi connectivity index (χ1) is 7.68. The van der Waals surface area contributed by atoms with Crippen molar-refractivity contribution in [1.82, 2.24) is 14.5 Å². The summed E-state index contributed by atoms with van der Waals surface area (Å²) in [4.78, 5) is 28.6. The molecule has 0 aliphatic heterocycles. The van der Waals surface area contributed by atoms with Gasteiger partial charge in [-0.15, -0.1) is 0 Å². The molecule has 0 unspecified atom stereocenters. The van der Waals surface area contributed by atoms with Gasteiger partial charge < -0.3 is 10.1 Å². The lowest BCUT2D eigenvalue weighted by Gasteiger charge is -2.02. The molecule has 0 aliphatic carbocycles. The van der Waals surface area contributed by atoms with Crippen molar-refractivity contribution in [2.45, 2.75) is 6.54 Å². The molecule has 2 aromatic rings. The highest BCUT2D eigenvalue weighted by Gasteiger charge is 2.13. The second-order valence-corrected chi connectivity index (χ2v) is 3.19. The maximum atomic E-state index is 11.4. The van der Waals surface area contributed by atoms with Gasteiger partial charge in [0.2, 0.25) is 0 Å². The molecule has 0 bridgehead atoms. The molecular formula is C10H9N3O3. The summed E-state index contributed by atoms with van der Waals surface area (Å²) in [7, 11) is 0. The molecule has 82 valence electrons. The number of aromatic nitrogens is 3. The number of carboxylic acids is 1. The lowest BCUT2D eigenvalue weighted by atomic mass is 10.3. The van der Waals surface area contributed by atoms with Gasteiger partial charge in [-0.2, -0.15) is 0 Å². The number of hydrogen-bond donors (Lipinski definition) is 2. The Bertz CT molecular complexity index is 556. The van der Waals surface area contributed by atoms with E-state index in [2.05, 4.69) is 9.97 Å². The molecule has 6 nitrogen and oxygen atoms in total. The van der Waals surface area contributed by atoms with Crippen LogP contribution in [0.1, 0.15) is 16.2 Å². The van der Waals surface area contributed by atoms with Gasteiger partial charge in [0.15, 0.2) is 0 Å². The smallest absolute Gasteiger partial charge is 0.354 e. The van der Waals surface area contributed by atoms with Crippen LogP contribution < -0.4 is 5.69 Å². The van der Waals surface area contributed by atoms with E-state index < -0.39 is 11.7 Å². The predicted molar refractivity (Wildman–Crippen MR) is 55.4 cm³/mol. The Morgan fingerprint density at radius 1 is 1.50 bits per heavy atom. The lowest BCUT2D eigenvalue weighted by Crippen LogP contribution is -2.22. The molecule has 2 aromatic heterocycles. The molecule has 0 fully saturated rings. The van der Waals surface area contributed by atoms with E-state index >= 15 is 0 Å². The second-order valence-electron chi connectivity index (χ2n) is 3.19. The Morgan fingerprint density at radius 3 is 2.94 bits per heavy atom. The summed E-state index contributed by atoms with van der Waals surface area (Å²) >= 11 is 0. The highest BCUT2D eigenvalue weighted by Crippen LogP contribution is 2.00. The van der Waals surface area contributed by atoms with E-state index in [4.69, 9.17) is 5.11 Å². The number of nitrogens with zero attached hydrogens (tertiary/aromatic N) is 2. The zero-order valence-corrected chi connectivity index (χ0v) is 8.25. The normalized spacial score (nSPS) is 10.2. The first-order valence-electron chi connectivity index (χ1n) is 4.60. The van der Waals surface area contributed by atoms with Crippen molar-refractivity contribution >= 4 is 5.97 Å². The summed E-state index contributed by atoms with van der Waals surface area (Å²) in [5.41, 5.74) is 0.102. The average molecular weight is 219 g/mol. The van der Waals surface area contributed by atoms with E-state index in [0.29, 0.717) is 5.69 Å². The first kappa shape index (κ1) is 10.2. The average Bonchev–Trinajstić information content (AvgIpc) is 2.62. The van der Waals surface area contributed by atoms with Gasteiger partial charge in [0.05, 0.1) is 12.2 Å². The van der Waals surface area contributed by atoms with Crippen molar-refractivity contribution in [3.63, 3.8) is 0 Å². The zero-order valence-electron chi connectivity index (χ0n) is 8.25. The van der Waals surface area contributed by atoms with Crippen LogP contribution in [0.15, 0.2) is 35.4 Å². The van der Waals surface area contributed by atoms with Crippen LogP contribution in [0.2, 0.25) is 0 Å². The summed E-state index contributed by atoms with van der Waals surface area (Å²) in [6, 6.07) is 5.26. The SMILES string of the molecule is O=C(O)c1c[nH]c(=O)n1Cc1ccccn1. The summed E-state index contributed by atoms with van der Waals surface area (Å²) in [6.07, 6.45) is 2.76. The molecular weight excluding hydrogens is 210 g/mol. The largest absolute Gasteiger partial charge is 0.477 e. The molecule has 0 saturated carbocycles. The Kier molecular flexibility index (Phi) is 2.55. The van der Waals surface area contributed by atoms with Gasteiger partial charge in [-0.05, 0) is 12.1 Å². The highest BCUT2D eigenvalue weighted by molar-refractivity contribution is 5.85. The van der Waals surface area contributed by atoms with E-state index in [1.807, 2.05) is 0 Å². The van der Waals surface area contributed by atoms with Crippen LogP contribution in [0.5, 0.6) is 0 Å². The third-order valence-electron chi connectivity index (χ3n) is 2.13. The molecule has 0 aliphatic rings. The minimum absolute atomic E-state index is 0.0735. The van der Waals surface area contributed by atoms with E-state index in [0.717, 1.165) is 4.57 Å². The van der Waals surface area contributed by atoms with E-state index in [1.54, 1.807) is 24.4 Å². The minimum Gasteiger partial charge on any atom is -0.477 e. The van der Waals surface area contributed by atoms with Gasteiger partial charge in [0.1, 0.15) is 5.69 Å². The van der Waals surface area contributed by atoms with Crippen molar-refractivity contribution in [2.75, 3.05) is 0 Å². The fourth-order valence-electron chi connectivity index (χ4n) is 1.38. The molecule has 0 amide bonds. The van der Waals surface area contributed by atoms with E-state index in [1.165, 1.54) is 6.20 Å². The number of H-pyrrole nitrogens is 1. The van der Waals surface area contributed by atoms with Crippen molar-refractivity contribution in [3.8, 4) is 0 Å². The number of pyridine rings is 1. The Hall–Kier alpha value is -2.37. The van der Waals surface area contributed by atoms with Crippen LogP contribution in [0.4, 0.5) is 0 Å². The van der Waals surface area contributed by atoms with Crippen LogP contribution in [-0.2, 0) is 6.54 Å². The van der Waals surface area contributed by atoms with Gasteiger partial charge in [-0.1, -0.05) is 6.07 Å². The van der Waals surface area contributed by atoms with Crippen LogP contribution in [0, 0.1) is 0 Å². The zero-order chi connectivity index (χ0) is 11.5. The van der Waals surface area contributed by atoms with Crippen LogP contribution >= 0.6 is 0 Å². The maximum Gasteiger partial charge on any atom is 0.354 e. The summed E-state index contributed by atoms with van der Waals surface area (Å²) in [5, 5.41) is 8.86. The van der Waals surface area contributed by atoms with Gasteiger partial charge in [0.25, 0.3) is 0 Å². The summed E-state index contributed by atoms with van der Waals surface area (Å²) in [5.74, 6) is -1.14. The third-order valence-corrected chi connectivity index (χ3v) is 2.13. The number of imidazole rings is 1. The maximum absolute atomic E-state index is 11.4. The molecule has 0 saturated heterocycles. The fraction of sp³-hybridized carbons (Fsp3) is 0.100. The molecule has 0 aromatic carbocycles. The molecule has 6 heteroatoms. The molecule has 2 heterocycles. The molecule has 0 radical (unpaired) electrons. The standard InChI is InChI=1S/C10H9N3O3/c14-9(15)8-5-12-10(16)13(8)6-7-3-1-2-4-11-7/h1-5H,6H2,(H,12,16)(H,14,15). The Morgan fingerprint density at radius 2 is 2.31 bits per heavy atom. The lowest BCUT2D eigenvalue weighted by molar-refractivity contribution is 0.0685. The van der Waals surface area contributed by atoms with Crippen molar-refractivity contribution < 1.29 is 9.90 Å². The van der Waals surface area contributed by atoms with Crippen molar-refractivity contribution in [1.29, 1.82) is 0 Å².